The summed E-state index contributed by atoms with van der Waals surface area (Å²) in [6, 6.07) is 0. The second kappa shape index (κ2) is 9.20. The Morgan fingerprint density at radius 3 is 1.36 bits per heavy atom. The van der Waals surface area contributed by atoms with Gasteiger partial charge < -0.3 is 20.4 Å². The Kier molecular flexibility index (Phi) is 9.61. The molecule has 0 amide bonds. The van der Waals surface area contributed by atoms with E-state index in [0.717, 1.165) is 0 Å². The van der Waals surface area contributed by atoms with Gasteiger partial charge in [-0.2, -0.15) is 0 Å². The summed E-state index contributed by atoms with van der Waals surface area (Å²) in [4.78, 5) is 28.5. The number of aliphatic hydroxyl groups is 1. The second-order valence-corrected chi connectivity index (χ2v) is 1.88. The van der Waals surface area contributed by atoms with Gasteiger partial charge in [-0.05, 0) is 0 Å². The molecule has 7 heteroatoms. The van der Waals surface area contributed by atoms with Crippen LogP contribution in [-0.2, 0) is 14.4 Å². The average Bonchev–Trinajstić information content (AvgIpc) is 2.01. The Morgan fingerprint density at radius 2 is 1.29 bits per heavy atom. The van der Waals surface area contributed by atoms with Crippen LogP contribution in [0.15, 0.2) is 12.2 Å². The zero-order chi connectivity index (χ0) is 11.6. The number of carboxylic acids is 3. The fraction of sp³-hybridized carbons (Fsp3) is 0.286. The molecule has 7 nitrogen and oxygen atoms in total. The van der Waals surface area contributed by atoms with E-state index in [-0.39, 0.29) is 13.0 Å². The number of rotatable bonds is 4. The van der Waals surface area contributed by atoms with Crippen LogP contribution in [-0.4, -0.2) is 44.9 Å². The first-order valence-corrected chi connectivity index (χ1v) is 3.36. The second-order valence-electron chi connectivity index (χ2n) is 1.88. The van der Waals surface area contributed by atoms with Gasteiger partial charge in [0.15, 0.2) is 0 Å². The molecule has 0 spiro atoms. The molecule has 80 valence electrons. The van der Waals surface area contributed by atoms with Crippen LogP contribution in [0.4, 0.5) is 0 Å². The van der Waals surface area contributed by atoms with Crippen molar-refractivity contribution in [3.8, 4) is 0 Å². The van der Waals surface area contributed by atoms with E-state index >= 15 is 0 Å². The van der Waals surface area contributed by atoms with Crippen molar-refractivity contribution in [2.75, 3.05) is 6.61 Å². The molecule has 0 rings (SSSR count). The number of carbonyl (C=O) groups is 3. The lowest BCUT2D eigenvalue weighted by Crippen LogP contribution is -1.96. The van der Waals surface area contributed by atoms with Crippen molar-refractivity contribution < 1.29 is 34.8 Å². The third kappa shape index (κ3) is 22.5. The molecule has 0 aromatic rings. The van der Waals surface area contributed by atoms with Gasteiger partial charge in [-0.25, -0.2) is 9.59 Å². The van der Waals surface area contributed by atoms with Crippen molar-refractivity contribution >= 4 is 17.9 Å². The van der Waals surface area contributed by atoms with Crippen LogP contribution in [0.3, 0.4) is 0 Å². The molecule has 0 fully saturated rings. The minimum atomic E-state index is -1.26. The maximum absolute atomic E-state index is 9.55. The fourth-order valence-electron chi connectivity index (χ4n) is 0.238. The Hall–Kier alpha value is -1.89. The van der Waals surface area contributed by atoms with Crippen molar-refractivity contribution in [1.82, 2.24) is 0 Å². The first kappa shape index (κ1) is 14.6. The lowest BCUT2D eigenvalue weighted by atomic mass is 10.5. The fourth-order valence-corrected chi connectivity index (χ4v) is 0.238. The molecule has 0 bridgehead atoms. The monoisotopic (exact) mass is 206 g/mol. The third-order valence-corrected chi connectivity index (χ3v) is 0.694. The van der Waals surface area contributed by atoms with Crippen LogP contribution < -0.4 is 0 Å². The van der Waals surface area contributed by atoms with Gasteiger partial charge in [-0.3, -0.25) is 4.79 Å². The van der Waals surface area contributed by atoms with Crippen LogP contribution in [0.25, 0.3) is 0 Å². The molecule has 0 aliphatic carbocycles. The Balaban J connectivity index is 0. The van der Waals surface area contributed by atoms with Gasteiger partial charge in [0.2, 0.25) is 0 Å². The zero-order valence-electron chi connectivity index (χ0n) is 7.08. The van der Waals surface area contributed by atoms with Gasteiger partial charge in [-0.15, -0.1) is 0 Å². The van der Waals surface area contributed by atoms with Crippen molar-refractivity contribution in [2.24, 2.45) is 0 Å². The Morgan fingerprint density at radius 1 is 0.929 bits per heavy atom. The topological polar surface area (TPSA) is 132 Å². The number of hydrogen-bond donors (Lipinski definition) is 4. The molecule has 0 saturated carbocycles. The molecule has 0 heterocycles. The summed E-state index contributed by atoms with van der Waals surface area (Å²) in [5.74, 6) is -3.47. The minimum absolute atomic E-state index is 0.153. The van der Waals surface area contributed by atoms with E-state index in [4.69, 9.17) is 20.4 Å². The van der Waals surface area contributed by atoms with Crippen molar-refractivity contribution in [1.29, 1.82) is 0 Å². The summed E-state index contributed by atoms with van der Waals surface area (Å²) in [5.41, 5.74) is 0. The number of aliphatic carboxylic acids is 3. The molecular weight excluding hydrogens is 196 g/mol. The van der Waals surface area contributed by atoms with Gasteiger partial charge >= 0.3 is 17.9 Å². The standard InChI is InChI=1S/C4H4O4.C3H6O3/c5-3(6)1-2-4(7)8;4-2-1-3(5)6/h1-2H,(H,5,6)(H,7,8);4H,1-2H2,(H,5,6)/b2-1-;. The molecule has 0 radical (unpaired) electrons. The third-order valence-electron chi connectivity index (χ3n) is 0.694. The molecule has 0 saturated heterocycles. The van der Waals surface area contributed by atoms with E-state index < -0.39 is 17.9 Å². The average molecular weight is 206 g/mol. The normalized spacial score (nSPS) is 8.93. The smallest absolute Gasteiger partial charge is 0.328 e. The maximum atomic E-state index is 9.55. The highest BCUT2D eigenvalue weighted by molar-refractivity contribution is 5.89. The summed E-state index contributed by atoms with van der Waals surface area (Å²) in [5, 5.41) is 31.2. The van der Waals surface area contributed by atoms with Crippen molar-refractivity contribution in [2.45, 2.75) is 6.42 Å². The van der Waals surface area contributed by atoms with Gasteiger partial charge in [0.05, 0.1) is 13.0 Å². The van der Waals surface area contributed by atoms with Gasteiger partial charge in [0, 0.05) is 12.2 Å². The highest BCUT2D eigenvalue weighted by atomic mass is 16.4. The molecule has 0 aliphatic rings. The van der Waals surface area contributed by atoms with E-state index in [1.54, 1.807) is 0 Å². The van der Waals surface area contributed by atoms with Crippen LogP contribution in [0.5, 0.6) is 0 Å². The molecule has 0 aromatic carbocycles. The van der Waals surface area contributed by atoms with Gasteiger partial charge in [0.25, 0.3) is 0 Å². The SMILES string of the molecule is O=C(O)/C=C\C(=O)O.O=C(O)CCO. The molecule has 0 aromatic heterocycles. The van der Waals surface area contributed by atoms with Crippen LogP contribution in [0.1, 0.15) is 6.42 Å². The summed E-state index contributed by atoms with van der Waals surface area (Å²) in [6.45, 7) is -0.269. The van der Waals surface area contributed by atoms with Crippen LogP contribution in [0.2, 0.25) is 0 Å². The lowest BCUT2D eigenvalue weighted by Gasteiger charge is -1.79. The molecule has 0 aliphatic heterocycles. The van der Waals surface area contributed by atoms with Crippen molar-refractivity contribution in [3.05, 3.63) is 12.2 Å². The minimum Gasteiger partial charge on any atom is -0.481 e. The summed E-state index contributed by atoms with van der Waals surface area (Å²) in [7, 11) is 0. The highest BCUT2D eigenvalue weighted by Gasteiger charge is 1.89. The zero-order valence-corrected chi connectivity index (χ0v) is 7.08. The molecule has 14 heavy (non-hydrogen) atoms. The van der Waals surface area contributed by atoms with E-state index in [1.807, 2.05) is 0 Å². The summed E-state index contributed by atoms with van der Waals surface area (Å²) < 4.78 is 0. The molecular formula is C7H10O7. The predicted molar refractivity (Wildman–Crippen MR) is 43.8 cm³/mol. The Labute approximate surface area is 78.9 Å². The first-order valence-electron chi connectivity index (χ1n) is 3.36. The number of aliphatic hydroxyl groups excluding tert-OH is 1. The highest BCUT2D eigenvalue weighted by Crippen LogP contribution is 1.70. The number of hydrogen-bond acceptors (Lipinski definition) is 4. The largest absolute Gasteiger partial charge is 0.481 e. The first-order chi connectivity index (χ1) is 6.40. The maximum Gasteiger partial charge on any atom is 0.328 e. The number of carboxylic acid groups (broad SMARTS) is 3. The van der Waals surface area contributed by atoms with Gasteiger partial charge in [-0.1, -0.05) is 0 Å². The molecule has 4 N–H and O–H groups in total. The van der Waals surface area contributed by atoms with E-state index in [1.165, 1.54) is 0 Å². The van der Waals surface area contributed by atoms with E-state index in [0.29, 0.717) is 12.2 Å². The van der Waals surface area contributed by atoms with E-state index in [2.05, 4.69) is 0 Å². The molecule has 0 atom stereocenters. The molecule has 0 unspecified atom stereocenters. The quantitative estimate of drug-likeness (QED) is 0.441. The summed E-state index contributed by atoms with van der Waals surface area (Å²) >= 11 is 0. The Bertz CT molecular complexity index is 214. The van der Waals surface area contributed by atoms with Crippen molar-refractivity contribution in [3.63, 3.8) is 0 Å². The van der Waals surface area contributed by atoms with Gasteiger partial charge in [0.1, 0.15) is 0 Å². The van der Waals surface area contributed by atoms with E-state index in [9.17, 15) is 14.4 Å². The van der Waals surface area contributed by atoms with Crippen LogP contribution in [0, 0.1) is 0 Å². The van der Waals surface area contributed by atoms with Crippen LogP contribution >= 0.6 is 0 Å². The lowest BCUT2D eigenvalue weighted by molar-refractivity contribution is -0.137. The predicted octanol–water partition coefficient (Wildman–Crippen LogP) is -0.835. The summed E-state index contributed by atoms with van der Waals surface area (Å²) in [6.07, 6.45) is 0.963.